The van der Waals surface area contributed by atoms with Crippen molar-refractivity contribution in [1.82, 2.24) is 10.2 Å². The monoisotopic (exact) mass is 371 g/mol. The van der Waals surface area contributed by atoms with Gasteiger partial charge in [0, 0.05) is 12.3 Å². The molecule has 7 atom stereocenters. The first-order valence-corrected chi connectivity index (χ1v) is 10.8. The molecule has 0 amide bonds. The minimum absolute atomic E-state index is 0.0955. The van der Waals surface area contributed by atoms with Crippen LogP contribution in [0.1, 0.15) is 57.7 Å². The number of aromatic amines is 1. The molecule has 1 heterocycles. The summed E-state index contributed by atoms with van der Waals surface area (Å²) in [7, 11) is 0. The van der Waals surface area contributed by atoms with Crippen molar-refractivity contribution in [3.63, 3.8) is 0 Å². The summed E-state index contributed by atoms with van der Waals surface area (Å²) in [6, 6.07) is 0. The standard InChI is InChI=1S/C23H37N3O/c1-14(2)18-5-6-19-17(11-24)20(7-8-22(18,19)3)23(4)10-15-12-25-26-21(15)9-16(23)13-27/h12,16-20,27H,1,5-11,13,24H2,2-4H3,(H,25,26)/t16-,17+,18-,19+,20+,22-,23+/m1/s1. The highest BCUT2D eigenvalue weighted by Gasteiger charge is 2.58. The van der Waals surface area contributed by atoms with E-state index in [2.05, 4.69) is 37.5 Å². The van der Waals surface area contributed by atoms with Crippen LogP contribution < -0.4 is 5.73 Å². The molecule has 1 aromatic rings. The second-order valence-corrected chi connectivity index (χ2v) is 10.3. The van der Waals surface area contributed by atoms with Gasteiger partial charge in [0.1, 0.15) is 0 Å². The second kappa shape index (κ2) is 6.73. The molecular formula is C23H37N3O. The lowest BCUT2D eigenvalue weighted by atomic mass is 9.48. The molecule has 2 fully saturated rings. The Balaban J connectivity index is 1.67. The Labute approximate surface area is 164 Å². The van der Waals surface area contributed by atoms with Crippen molar-refractivity contribution in [2.24, 2.45) is 46.2 Å². The van der Waals surface area contributed by atoms with Crippen molar-refractivity contribution >= 4 is 0 Å². The number of nitrogens with zero attached hydrogens (tertiary/aromatic N) is 1. The van der Waals surface area contributed by atoms with Gasteiger partial charge >= 0.3 is 0 Å². The Hall–Kier alpha value is -1.13. The molecule has 3 aliphatic rings. The van der Waals surface area contributed by atoms with E-state index < -0.39 is 0 Å². The summed E-state index contributed by atoms with van der Waals surface area (Å²) < 4.78 is 0. The number of aromatic nitrogens is 2. The van der Waals surface area contributed by atoms with Crippen LogP contribution in [-0.4, -0.2) is 28.5 Å². The minimum atomic E-state index is 0.0955. The van der Waals surface area contributed by atoms with Crippen LogP contribution in [0.5, 0.6) is 0 Å². The average molecular weight is 372 g/mol. The quantitative estimate of drug-likeness (QED) is 0.706. The molecule has 3 aliphatic carbocycles. The van der Waals surface area contributed by atoms with Crippen molar-refractivity contribution in [1.29, 1.82) is 0 Å². The normalized spacial score (nSPS) is 44.0. The lowest BCUT2D eigenvalue weighted by Crippen LogP contribution is -2.53. The first-order valence-electron chi connectivity index (χ1n) is 10.8. The van der Waals surface area contributed by atoms with Gasteiger partial charge in [-0.05, 0) is 98.0 Å². The van der Waals surface area contributed by atoms with Gasteiger partial charge in [0.25, 0.3) is 0 Å². The first-order chi connectivity index (χ1) is 12.8. The summed E-state index contributed by atoms with van der Waals surface area (Å²) in [5, 5.41) is 17.7. The van der Waals surface area contributed by atoms with Crippen LogP contribution in [0.4, 0.5) is 0 Å². The van der Waals surface area contributed by atoms with Gasteiger partial charge in [-0.3, -0.25) is 5.10 Å². The maximum Gasteiger partial charge on any atom is 0.0522 e. The van der Waals surface area contributed by atoms with E-state index in [-0.39, 0.29) is 17.9 Å². The summed E-state index contributed by atoms with van der Waals surface area (Å²) in [6.07, 6.45) is 8.96. The predicted molar refractivity (Wildman–Crippen MR) is 109 cm³/mol. The number of H-pyrrole nitrogens is 1. The Morgan fingerprint density at radius 2 is 2.04 bits per heavy atom. The highest BCUT2D eigenvalue weighted by atomic mass is 16.3. The number of aliphatic hydroxyl groups excluding tert-OH is 1. The zero-order chi connectivity index (χ0) is 19.4. The van der Waals surface area contributed by atoms with E-state index in [0.717, 1.165) is 19.4 Å². The molecule has 0 aliphatic heterocycles. The fraction of sp³-hybridized carbons (Fsp3) is 0.783. The van der Waals surface area contributed by atoms with Crippen LogP contribution in [-0.2, 0) is 12.8 Å². The third-order valence-corrected chi connectivity index (χ3v) is 9.13. The topological polar surface area (TPSA) is 74.9 Å². The smallest absolute Gasteiger partial charge is 0.0522 e. The van der Waals surface area contributed by atoms with E-state index in [0.29, 0.717) is 29.1 Å². The van der Waals surface area contributed by atoms with Crippen molar-refractivity contribution in [3.8, 4) is 0 Å². The molecule has 0 spiro atoms. The lowest BCUT2D eigenvalue weighted by Gasteiger charge is -2.56. The molecule has 150 valence electrons. The molecule has 4 heteroatoms. The minimum Gasteiger partial charge on any atom is -0.396 e. The number of nitrogens with two attached hydrogens (primary N) is 1. The number of allylic oxidation sites excluding steroid dienone is 1. The molecule has 0 aromatic carbocycles. The van der Waals surface area contributed by atoms with Gasteiger partial charge in [0.2, 0.25) is 0 Å². The van der Waals surface area contributed by atoms with Crippen LogP contribution in [0.15, 0.2) is 18.3 Å². The van der Waals surface area contributed by atoms with Crippen LogP contribution in [0.3, 0.4) is 0 Å². The molecule has 0 radical (unpaired) electrons. The second-order valence-electron chi connectivity index (χ2n) is 10.3. The summed E-state index contributed by atoms with van der Waals surface area (Å²) >= 11 is 0. The Morgan fingerprint density at radius 3 is 2.70 bits per heavy atom. The molecule has 0 saturated heterocycles. The van der Waals surface area contributed by atoms with Crippen LogP contribution >= 0.6 is 0 Å². The van der Waals surface area contributed by atoms with Crippen LogP contribution in [0.2, 0.25) is 0 Å². The Kier molecular flexibility index (Phi) is 4.79. The summed E-state index contributed by atoms with van der Waals surface area (Å²) in [6.45, 7) is 12.5. The lowest BCUT2D eigenvalue weighted by molar-refractivity contribution is -0.0674. The molecular weight excluding hydrogens is 334 g/mol. The maximum atomic E-state index is 10.3. The summed E-state index contributed by atoms with van der Waals surface area (Å²) in [4.78, 5) is 0. The largest absolute Gasteiger partial charge is 0.396 e. The molecule has 0 unspecified atom stereocenters. The molecule has 1 aromatic heterocycles. The van der Waals surface area contributed by atoms with Crippen molar-refractivity contribution in [3.05, 3.63) is 29.6 Å². The highest BCUT2D eigenvalue weighted by Crippen LogP contribution is 2.64. The van der Waals surface area contributed by atoms with Crippen molar-refractivity contribution < 1.29 is 5.11 Å². The zero-order valence-corrected chi connectivity index (χ0v) is 17.3. The van der Waals surface area contributed by atoms with Crippen molar-refractivity contribution in [2.45, 2.75) is 59.3 Å². The Morgan fingerprint density at radius 1 is 1.30 bits per heavy atom. The van der Waals surface area contributed by atoms with E-state index in [4.69, 9.17) is 5.73 Å². The number of rotatable bonds is 4. The predicted octanol–water partition coefficient (Wildman–Crippen LogP) is 3.72. The SMILES string of the molecule is C=C(C)[C@H]1CC[C@H]2[C@H](CN)[C@@H]([C@@]3(C)Cc4cn[nH]c4C[C@@H]3CO)CC[C@]12C. The zero-order valence-electron chi connectivity index (χ0n) is 17.3. The number of hydrogen-bond acceptors (Lipinski definition) is 3. The van der Waals surface area contributed by atoms with Gasteiger partial charge in [-0.25, -0.2) is 0 Å². The molecule has 0 bridgehead atoms. The van der Waals surface area contributed by atoms with Gasteiger partial charge in [0.05, 0.1) is 6.20 Å². The van der Waals surface area contributed by atoms with Gasteiger partial charge in [-0.2, -0.15) is 5.10 Å². The van der Waals surface area contributed by atoms with Gasteiger partial charge in [-0.15, -0.1) is 0 Å². The molecule has 27 heavy (non-hydrogen) atoms. The summed E-state index contributed by atoms with van der Waals surface area (Å²) in [5.74, 6) is 2.73. The van der Waals surface area contributed by atoms with Gasteiger partial charge in [0.15, 0.2) is 0 Å². The number of nitrogens with one attached hydrogen (secondary N) is 1. The maximum absolute atomic E-state index is 10.3. The fourth-order valence-electron chi connectivity index (χ4n) is 7.65. The van der Waals surface area contributed by atoms with E-state index in [9.17, 15) is 5.11 Å². The first kappa shape index (κ1) is 19.2. The Bertz CT molecular complexity index is 712. The van der Waals surface area contributed by atoms with Crippen molar-refractivity contribution in [2.75, 3.05) is 13.2 Å². The number of aliphatic hydroxyl groups is 1. The molecule has 4 nitrogen and oxygen atoms in total. The molecule has 4 N–H and O–H groups in total. The van der Waals surface area contributed by atoms with Crippen LogP contribution in [0.25, 0.3) is 0 Å². The molecule has 4 rings (SSSR count). The van der Waals surface area contributed by atoms with E-state index in [1.165, 1.54) is 42.5 Å². The van der Waals surface area contributed by atoms with E-state index in [1.807, 2.05) is 6.20 Å². The molecule has 2 saturated carbocycles. The highest BCUT2D eigenvalue weighted by molar-refractivity contribution is 5.25. The third-order valence-electron chi connectivity index (χ3n) is 9.13. The van der Waals surface area contributed by atoms with Gasteiger partial charge < -0.3 is 10.8 Å². The van der Waals surface area contributed by atoms with E-state index >= 15 is 0 Å². The number of fused-ring (bicyclic) bond motifs is 2. The average Bonchev–Trinajstić information content (AvgIpc) is 3.22. The van der Waals surface area contributed by atoms with Gasteiger partial charge in [-0.1, -0.05) is 26.0 Å². The van der Waals surface area contributed by atoms with E-state index in [1.54, 1.807) is 0 Å². The summed E-state index contributed by atoms with van der Waals surface area (Å²) in [5.41, 5.74) is 10.8. The third kappa shape index (κ3) is 2.74. The number of hydrogen-bond donors (Lipinski definition) is 3. The fourth-order valence-corrected chi connectivity index (χ4v) is 7.65. The van der Waals surface area contributed by atoms with Crippen LogP contribution in [0, 0.1) is 40.4 Å².